The molecule has 0 aliphatic carbocycles. The first-order valence-electron chi connectivity index (χ1n) is 7.81. The topological polar surface area (TPSA) is 99.1 Å². The van der Waals surface area contributed by atoms with Gasteiger partial charge in [-0.05, 0) is 44.4 Å². The number of rotatable bonds is 3. The summed E-state index contributed by atoms with van der Waals surface area (Å²) in [5.74, 6) is 0. The molecule has 136 valence electrons. The van der Waals surface area contributed by atoms with E-state index in [0.717, 1.165) is 5.56 Å². The van der Waals surface area contributed by atoms with E-state index in [4.69, 9.17) is 21.4 Å². The molecule has 1 unspecified atom stereocenters. The highest BCUT2D eigenvalue weighted by molar-refractivity contribution is 6.30. The first-order valence-corrected chi connectivity index (χ1v) is 8.19. The van der Waals surface area contributed by atoms with Crippen LogP contribution in [-0.4, -0.2) is 45.2 Å². The van der Waals surface area contributed by atoms with E-state index in [1.807, 2.05) is 31.4 Å². The van der Waals surface area contributed by atoms with Gasteiger partial charge in [0, 0.05) is 5.02 Å². The predicted octanol–water partition coefficient (Wildman–Crippen LogP) is 3.84. The second kappa shape index (κ2) is 7.76. The molecule has 1 aliphatic heterocycles. The molecule has 2 atom stereocenters. The van der Waals surface area contributed by atoms with Crippen molar-refractivity contribution in [2.45, 2.75) is 44.4 Å². The molecule has 1 aliphatic rings. The molecule has 2 amide bonds. The number of hydrazine groups is 1. The van der Waals surface area contributed by atoms with Crippen LogP contribution < -0.4 is 5.43 Å². The average molecular weight is 369 g/mol. The first-order chi connectivity index (χ1) is 11.7. The van der Waals surface area contributed by atoms with Gasteiger partial charge in [0.1, 0.15) is 0 Å². The molecule has 1 aromatic rings. The lowest BCUT2D eigenvalue weighted by Crippen LogP contribution is -2.58. The van der Waals surface area contributed by atoms with E-state index < -0.39 is 29.9 Å². The number of benzene rings is 1. The summed E-state index contributed by atoms with van der Waals surface area (Å²) in [5, 5.41) is 19.5. The van der Waals surface area contributed by atoms with Gasteiger partial charge in [0.25, 0.3) is 0 Å². The van der Waals surface area contributed by atoms with Gasteiger partial charge in [-0.25, -0.2) is 20.0 Å². The highest BCUT2D eigenvalue weighted by Gasteiger charge is 2.40. The lowest BCUT2D eigenvalue weighted by molar-refractivity contribution is -0.124. The minimum absolute atomic E-state index is 0.432. The molecule has 25 heavy (non-hydrogen) atoms. The lowest BCUT2D eigenvalue weighted by atomic mass is 9.90. The number of hydrogen-bond acceptors (Lipinski definition) is 3. The second-order valence-corrected chi connectivity index (χ2v) is 6.86. The van der Waals surface area contributed by atoms with E-state index in [1.54, 1.807) is 24.3 Å². The smallest absolute Gasteiger partial charge is 0.426 e. The van der Waals surface area contributed by atoms with Crippen molar-refractivity contribution in [1.82, 2.24) is 10.4 Å². The van der Waals surface area contributed by atoms with Crippen molar-refractivity contribution in [1.29, 1.82) is 0 Å². The summed E-state index contributed by atoms with van der Waals surface area (Å²) in [6.07, 6.45) is 1.21. The minimum atomic E-state index is -1.44. The SMILES string of the molecule is CC1(C)CCC(N(NC(=O)O)C(=O)O)[C@@H](C=Cc2ccc(Cl)cc2)O1. The molecule has 3 N–H and O–H groups in total. The van der Waals surface area contributed by atoms with Crippen LogP contribution in [0.1, 0.15) is 32.3 Å². The van der Waals surface area contributed by atoms with Crippen molar-refractivity contribution >= 4 is 29.9 Å². The zero-order valence-electron chi connectivity index (χ0n) is 14.0. The van der Waals surface area contributed by atoms with Gasteiger partial charge in [0.05, 0.1) is 17.7 Å². The maximum Gasteiger partial charge on any atom is 0.426 e. The van der Waals surface area contributed by atoms with Gasteiger partial charge in [-0.3, -0.25) is 0 Å². The Morgan fingerprint density at radius 3 is 2.52 bits per heavy atom. The molecule has 0 saturated carbocycles. The molecule has 0 radical (unpaired) electrons. The number of carbonyl (C=O) groups is 2. The van der Waals surface area contributed by atoms with Gasteiger partial charge in [-0.1, -0.05) is 35.9 Å². The average Bonchev–Trinajstić information content (AvgIpc) is 2.51. The normalized spacial score (nSPS) is 22.5. The zero-order valence-corrected chi connectivity index (χ0v) is 14.7. The largest absolute Gasteiger partial charge is 0.464 e. The highest BCUT2D eigenvalue weighted by Crippen LogP contribution is 2.31. The van der Waals surface area contributed by atoms with Crippen LogP contribution >= 0.6 is 11.6 Å². The van der Waals surface area contributed by atoms with Crippen molar-refractivity contribution in [2.75, 3.05) is 0 Å². The fourth-order valence-electron chi connectivity index (χ4n) is 2.76. The van der Waals surface area contributed by atoms with Gasteiger partial charge in [-0.15, -0.1) is 0 Å². The molecule has 8 heteroatoms. The Kier molecular flexibility index (Phi) is 5.92. The first kappa shape index (κ1) is 19.1. The summed E-state index contributed by atoms with van der Waals surface area (Å²) < 4.78 is 5.99. The number of nitrogens with zero attached hydrogens (tertiary/aromatic N) is 1. The molecular formula is C17H21ClN2O5. The van der Waals surface area contributed by atoms with E-state index in [2.05, 4.69) is 0 Å². The van der Waals surface area contributed by atoms with Crippen LogP contribution in [0.15, 0.2) is 30.3 Å². The molecular weight excluding hydrogens is 348 g/mol. The number of carboxylic acid groups (broad SMARTS) is 2. The summed E-state index contributed by atoms with van der Waals surface area (Å²) in [6.45, 7) is 3.84. The summed E-state index contributed by atoms with van der Waals surface area (Å²) in [6, 6.07) is 6.49. The fourth-order valence-corrected chi connectivity index (χ4v) is 2.89. The van der Waals surface area contributed by atoms with Crippen LogP contribution in [0.5, 0.6) is 0 Å². The molecule has 0 bridgehead atoms. The summed E-state index contributed by atoms with van der Waals surface area (Å²) in [4.78, 5) is 22.4. The summed E-state index contributed by atoms with van der Waals surface area (Å²) in [5.41, 5.74) is 2.38. The number of nitrogens with one attached hydrogen (secondary N) is 1. The molecule has 1 aromatic carbocycles. The Bertz CT molecular complexity index is 660. The molecule has 2 rings (SSSR count). The molecule has 1 fully saturated rings. The second-order valence-electron chi connectivity index (χ2n) is 6.43. The van der Waals surface area contributed by atoms with Crippen molar-refractivity contribution < 1.29 is 24.5 Å². The standard InChI is InChI=1S/C17H21ClN2O5/c1-17(2)10-9-13(20(16(23)24)19-15(21)22)14(25-17)8-5-11-3-6-12(18)7-4-11/h3-8,13-14,19H,9-10H2,1-2H3,(H,21,22)(H,23,24)/t13?,14-/m1/s1. The van der Waals surface area contributed by atoms with Gasteiger partial charge in [0.15, 0.2) is 0 Å². The summed E-state index contributed by atoms with van der Waals surface area (Å²) in [7, 11) is 0. The fraction of sp³-hybridized carbons (Fsp3) is 0.412. The predicted molar refractivity (Wildman–Crippen MR) is 93.5 cm³/mol. The third kappa shape index (κ3) is 5.37. The molecule has 7 nitrogen and oxygen atoms in total. The number of hydrogen-bond donors (Lipinski definition) is 3. The number of ether oxygens (including phenoxy) is 1. The maximum absolute atomic E-state index is 11.5. The van der Waals surface area contributed by atoms with E-state index in [9.17, 15) is 14.7 Å². The van der Waals surface area contributed by atoms with Crippen molar-refractivity contribution in [3.05, 3.63) is 40.9 Å². The third-order valence-corrected chi connectivity index (χ3v) is 4.23. The zero-order chi connectivity index (χ0) is 18.6. The maximum atomic E-state index is 11.5. The van der Waals surface area contributed by atoms with Crippen LogP contribution in [0.3, 0.4) is 0 Å². The molecule has 1 heterocycles. The van der Waals surface area contributed by atoms with E-state index in [-0.39, 0.29) is 0 Å². The van der Waals surface area contributed by atoms with Crippen LogP contribution in [0.4, 0.5) is 9.59 Å². The van der Waals surface area contributed by atoms with Crippen LogP contribution in [0, 0.1) is 0 Å². The minimum Gasteiger partial charge on any atom is -0.464 e. The Balaban J connectivity index is 2.25. The Hall–Kier alpha value is -2.25. The van der Waals surface area contributed by atoms with Crippen LogP contribution in [0.25, 0.3) is 6.08 Å². The van der Waals surface area contributed by atoms with Crippen LogP contribution in [-0.2, 0) is 4.74 Å². The van der Waals surface area contributed by atoms with Gasteiger partial charge < -0.3 is 14.9 Å². The molecule has 0 aromatic heterocycles. The van der Waals surface area contributed by atoms with Gasteiger partial charge >= 0.3 is 12.2 Å². The third-order valence-electron chi connectivity index (χ3n) is 3.98. The Morgan fingerprint density at radius 2 is 1.96 bits per heavy atom. The Labute approximate surface area is 150 Å². The van der Waals surface area contributed by atoms with Crippen molar-refractivity contribution in [2.24, 2.45) is 0 Å². The number of amides is 2. The lowest BCUT2D eigenvalue weighted by Gasteiger charge is -2.43. The van der Waals surface area contributed by atoms with Gasteiger partial charge in [0.2, 0.25) is 0 Å². The molecule has 1 saturated heterocycles. The van der Waals surface area contributed by atoms with E-state index in [1.165, 1.54) is 0 Å². The van der Waals surface area contributed by atoms with Crippen LogP contribution in [0.2, 0.25) is 5.02 Å². The quantitative estimate of drug-likeness (QED) is 0.704. The van der Waals surface area contributed by atoms with E-state index >= 15 is 0 Å². The number of halogens is 1. The monoisotopic (exact) mass is 368 g/mol. The van der Waals surface area contributed by atoms with E-state index in [0.29, 0.717) is 22.9 Å². The van der Waals surface area contributed by atoms with Crippen molar-refractivity contribution in [3.8, 4) is 0 Å². The molecule has 0 spiro atoms. The Morgan fingerprint density at radius 1 is 1.32 bits per heavy atom. The highest BCUT2D eigenvalue weighted by atomic mass is 35.5. The van der Waals surface area contributed by atoms with Crippen molar-refractivity contribution in [3.63, 3.8) is 0 Å². The summed E-state index contributed by atoms with van der Waals surface area (Å²) >= 11 is 5.86. The van der Waals surface area contributed by atoms with Gasteiger partial charge in [-0.2, -0.15) is 0 Å².